The molecule has 1 fully saturated rings. The van der Waals surface area contributed by atoms with Crippen LogP contribution in [0.4, 0.5) is 10.1 Å². The van der Waals surface area contributed by atoms with E-state index >= 15 is 0 Å². The number of para-hydroxylation sites is 1. The number of anilines is 1. The molecule has 0 N–H and O–H groups in total. The molecule has 0 bridgehead atoms. The molecule has 33 heavy (non-hydrogen) atoms. The number of rotatable bonds is 3. The Labute approximate surface area is 201 Å². The highest BCUT2D eigenvalue weighted by molar-refractivity contribution is 8.02. The predicted molar refractivity (Wildman–Crippen MR) is 130 cm³/mol. The van der Waals surface area contributed by atoms with Crippen LogP contribution in [0.25, 0.3) is 0 Å². The second-order valence-corrected chi connectivity index (χ2v) is 11.2. The molecule has 2 aliphatic rings. The number of carbonyl (C=O) groups is 2. The molecular weight excluding hydrogens is 459 g/mol. The van der Waals surface area contributed by atoms with Gasteiger partial charge in [0, 0.05) is 27.4 Å². The molecule has 3 aromatic carbocycles. The lowest BCUT2D eigenvalue weighted by molar-refractivity contribution is -0.123. The highest BCUT2D eigenvalue weighted by atomic mass is 35.5. The number of amides is 2. The SMILES string of the molecule is CC1(C)CN(C(=O)c2cccc(F)c2)[C@]2(S1)C(=O)N(Cc1ccccc1Cl)c1ccccc12. The van der Waals surface area contributed by atoms with Crippen LogP contribution in [0.15, 0.2) is 72.8 Å². The summed E-state index contributed by atoms with van der Waals surface area (Å²) in [4.78, 5) is 30.0. The van der Waals surface area contributed by atoms with Crippen molar-refractivity contribution in [2.24, 2.45) is 0 Å². The van der Waals surface area contributed by atoms with Crippen LogP contribution in [-0.4, -0.2) is 28.0 Å². The highest BCUT2D eigenvalue weighted by Gasteiger charge is 2.63. The van der Waals surface area contributed by atoms with Gasteiger partial charge in [-0.05, 0) is 49.7 Å². The third kappa shape index (κ3) is 3.52. The average Bonchev–Trinajstić information content (AvgIpc) is 3.21. The number of halogens is 2. The maximum Gasteiger partial charge on any atom is 0.268 e. The molecule has 0 radical (unpaired) electrons. The van der Waals surface area contributed by atoms with Gasteiger partial charge in [0.15, 0.2) is 4.87 Å². The van der Waals surface area contributed by atoms with E-state index in [2.05, 4.69) is 0 Å². The molecule has 7 heteroatoms. The Hall–Kier alpha value is -2.83. The smallest absolute Gasteiger partial charge is 0.268 e. The van der Waals surface area contributed by atoms with E-state index in [9.17, 15) is 14.0 Å². The molecule has 3 aromatic rings. The molecule has 0 aromatic heterocycles. The highest BCUT2D eigenvalue weighted by Crippen LogP contribution is 2.60. The van der Waals surface area contributed by atoms with Crippen molar-refractivity contribution in [3.05, 3.63) is 100 Å². The fourth-order valence-corrected chi connectivity index (χ4v) is 6.61. The topological polar surface area (TPSA) is 40.6 Å². The molecule has 168 valence electrons. The average molecular weight is 481 g/mol. The van der Waals surface area contributed by atoms with Gasteiger partial charge >= 0.3 is 0 Å². The van der Waals surface area contributed by atoms with Crippen LogP contribution >= 0.6 is 23.4 Å². The number of fused-ring (bicyclic) bond motifs is 2. The zero-order valence-corrected chi connectivity index (χ0v) is 19.8. The molecule has 0 aliphatic carbocycles. The Kier molecular flexibility index (Phi) is 5.26. The van der Waals surface area contributed by atoms with E-state index in [0.29, 0.717) is 18.1 Å². The third-order valence-corrected chi connectivity index (χ3v) is 8.00. The maximum atomic E-state index is 14.2. The van der Waals surface area contributed by atoms with Gasteiger partial charge < -0.3 is 9.80 Å². The van der Waals surface area contributed by atoms with Crippen LogP contribution < -0.4 is 4.90 Å². The molecular formula is C26H22ClFN2O2S. The summed E-state index contributed by atoms with van der Waals surface area (Å²) < 4.78 is 13.5. The molecule has 0 saturated carbocycles. The zero-order valence-electron chi connectivity index (χ0n) is 18.2. The van der Waals surface area contributed by atoms with Crippen LogP contribution in [0, 0.1) is 5.82 Å². The second-order valence-electron chi connectivity index (χ2n) is 8.91. The monoisotopic (exact) mass is 480 g/mol. The Balaban J connectivity index is 1.64. The first kappa shape index (κ1) is 22.0. The van der Waals surface area contributed by atoms with E-state index in [4.69, 9.17) is 11.6 Å². The van der Waals surface area contributed by atoms with E-state index in [1.165, 1.54) is 30.0 Å². The largest absolute Gasteiger partial charge is 0.310 e. The van der Waals surface area contributed by atoms with E-state index in [0.717, 1.165) is 16.8 Å². The lowest BCUT2D eigenvalue weighted by atomic mass is 10.0. The quantitative estimate of drug-likeness (QED) is 0.472. The summed E-state index contributed by atoms with van der Waals surface area (Å²) >= 11 is 7.87. The first-order chi connectivity index (χ1) is 15.7. The molecule has 2 amide bonds. The lowest BCUT2D eigenvalue weighted by Gasteiger charge is -2.33. The van der Waals surface area contributed by atoms with Gasteiger partial charge in [-0.25, -0.2) is 4.39 Å². The van der Waals surface area contributed by atoms with E-state index in [-0.39, 0.29) is 22.1 Å². The van der Waals surface area contributed by atoms with Crippen LogP contribution in [-0.2, 0) is 16.2 Å². The first-order valence-electron chi connectivity index (χ1n) is 10.7. The number of benzene rings is 3. The van der Waals surface area contributed by atoms with Crippen molar-refractivity contribution in [1.82, 2.24) is 4.90 Å². The van der Waals surface area contributed by atoms with Gasteiger partial charge in [0.1, 0.15) is 5.82 Å². The second kappa shape index (κ2) is 7.89. The summed E-state index contributed by atoms with van der Waals surface area (Å²) in [6.45, 7) is 4.68. The normalized spacial score (nSPS) is 21.0. The van der Waals surface area contributed by atoms with E-state index in [1.54, 1.807) is 21.9 Å². The minimum atomic E-state index is -1.23. The predicted octanol–water partition coefficient (Wildman–Crippen LogP) is 5.85. The summed E-state index contributed by atoms with van der Waals surface area (Å²) in [6, 6.07) is 20.6. The maximum absolute atomic E-state index is 14.2. The van der Waals surface area contributed by atoms with Crippen molar-refractivity contribution in [2.75, 3.05) is 11.4 Å². The van der Waals surface area contributed by atoms with Crippen molar-refractivity contribution in [3.63, 3.8) is 0 Å². The van der Waals surface area contributed by atoms with Gasteiger partial charge in [-0.15, -0.1) is 11.8 Å². The summed E-state index contributed by atoms with van der Waals surface area (Å²) in [5.74, 6) is -1.04. The summed E-state index contributed by atoms with van der Waals surface area (Å²) in [5.41, 5.74) is 2.57. The van der Waals surface area contributed by atoms with Gasteiger partial charge in [0.25, 0.3) is 11.8 Å². The molecule has 1 spiro atoms. The Morgan fingerprint density at radius 2 is 1.79 bits per heavy atom. The fraction of sp³-hybridized carbons (Fsp3) is 0.231. The summed E-state index contributed by atoms with van der Waals surface area (Å²) in [5, 5.41) is 0.579. The lowest BCUT2D eigenvalue weighted by Crippen LogP contribution is -2.50. The number of hydrogen-bond donors (Lipinski definition) is 0. The van der Waals surface area contributed by atoms with Crippen molar-refractivity contribution in [1.29, 1.82) is 0 Å². The number of carbonyl (C=O) groups excluding carboxylic acids is 2. The van der Waals surface area contributed by atoms with Crippen molar-refractivity contribution in [2.45, 2.75) is 30.0 Å². The fourth-order valence-electron chi connectivity index (χ4n) is 4.69. The summed E-state index contributed by atoms with van der Waals surface area (Å²) in [6.07, 6.45) is 0. The van der Waals surface area contributed by atoms with Crippen LogP contribution in [0.2, 0.25) is 5.02 Å². The Morgan fingerprint density at radius 1 is 1.06 bits per heavy atom. The van der Waals surface area contributed by atoms with Gasteiger partial charge in [0.05, 0.1) is 12.2 Å². The molecule has 4 nitrogen and oxygen atoms in total. The minimum absolute atomic E-state index is 0.191. The number of thioether (sulfide) groups is 1. The first-order valence-corrected chi connectivity index (χ1v) is 11.8. The van der Waals surface area contributed by atoms with Crippen LogP contribution in [0.1, 0.15) is 35.3 Å². The standard InChI is InChI=1S/C26H22ClFN2O2S/c1-25(2)16-30(23(31)17-9-7-10-19(28)14-17)26(33-25)20-11-4-6-13-22(20)29(24(26)32)15-18-8-3-5-12-21(18)27/h3-14H,15-16H2,1-2H3/t26-/m1/s1. The van der Waals surface area contributed by atoms with Gasteiger partial charge in [0.2, 0.25) is 0 Å². The van der Waals surface area contributed by atoms with E-state index in [1.807, 2.05) is 56.3 Å². The third-order valence-electron chi connectivity index (χ3n) is 6.04. The Bertz CT molecular complexity index is 1280. The number of hydrogen-bond acceptors (Lipinski definition) is 3. The van der Waals surface area contributed by atoms with Crippen molar-refractivity contribution >= 4 is 40.9 Å². The molecule has 5 rings (SSSR count). The molecule has 2 aliphatic heterocycles. The van der Waals surface area contributed by atoms with Gasteiger partial charge in [-0.2, -0.15) is 0 Å². The van der Waals surface area contributed by atoms with Gasteiger partial charge in [-0.3, -0.25) is 9.59 Å². The summed E-state index contributed by atoms with van der Waals surface area (Å²) in [7, 11) is 0. The van der Waals surface area contributed by atoms with Crippen molar-refractivity contribution < 1.29 is 14.0 Å². The van der Waals surface area contributed by atoms with Crippen LogP contribution in [0.5, 0.6) is 0 Å². The van der Waals surface area contributed by atoms with Crippen molar-refractivity contribution in [3.8, 4) is 0 Å². The van der Waals surface area contributed by atoms with E-state index < -0.39 is 10.7 Å². The minimum Gasteiger partial charge on any atom is -0.310 e. The zero-order chi connectivity index (χ0) is 23.4. The molecule has 1 saturated heterocycles. The van der Waals surface area contributed by atoms with Crippen LogP contribution in [0.3, 0.4) is 0 Å². The van der Waals surface area contributed by atoms with Gasteiger partial charge in [-0.1, -0.05) is 54.1 Å². The molecule has 1 atom stereocenters. The number of nitrogens with zero attached hydrogens (tertiary/aromatic N) is 2. The Morgan fingerprint density at radius 3 is 2.55 bits per heavy atom. The molecule has 0 unspecified atom stereocenters. The molecule has 2 heterocycles.